The van der Waals surface area contributed by atoms with Gasteiger partial charge in [0.05, 0.1) is 6.61 Å². The second kappa shape index (κ2) is 7.57. The number of ether oxygens (including phenoxy) is 1. The Morgan fingerprint density at radius 1 is 1.38 bits per heavy atom. The summed E-state index contributed by atoms with van der Waals surface area (Å²) in [4.78, 5) is 16.8. The van der Waals surface area contributed by atoms with Gasteiger partial charge in [-0.05, 0) is 32.0 Å². The van der Waals surface area contributed by atoms with Gasteiger partial charge in [0.15, 0.2) is 0 Å². The van der Waals surface area contributed by atoms with E-state index in [0.29, 0.717) is 24.1 Å². The third-order valence-electron chi connectivity index (χ3n) is 3.81. The molecular weight excluding hydrogens is 332 g/mol. The van der Waals surface area contributed by atoms with Gasteiger partial charge >= 0.3 is 0 Å². The Kier molecular flexibility index (Phi) is 5.04. The van der Waals surface area contributed by atoms with Crippen LogP contribution in [0.15, 0.2) is 47.3 Å². The average molecular weight is 350 g/mol. The Hall–Kier alpha value is -3.53. The molecule has 0 aromatic carbocycles. The molecule has 0 aliphatic rings. The monoisotopic (exact) mass is 350 g/mol. The number of hydrogen-bond donors (Lipinski definition) is 1. The number of carbonyl (C=O) groups is 1. The van der Waals surface area contributed by atoms with Gasteiger partial charge in [0.25, 0.3) is 5.91 Å². The quantitative estimate of drug-likeness (QED) is 0.738. The molecule has 3 heterocycles. The van der Waals surface area contributed by atoms with Gasteiger partial charge in [0.1, 0.15) is 23.0 Å². The normalized spacial score (nSPS) is 10.3. The van der Waals surface area contributed by atoms with Gasteiger partial charge in [-0.1, -0.05) is 6.07 Å². The highest BCUT2D eigenvalue weighted by molar-refractivity contribution is 5.98. The van der Waals surface area contributed by atoms with Gasteiger partial charge in [-0.3, -0.25) is 9.36 Å². The molecule has 0 fully saturated rings. The molecule has 0 aliphatic carbocycles. The van der Waals surface area contributed by atoms with E-state index in [2.05, 4.69) is 16.4 Å². The molecule has 3 aromatic rings. The van der Waals surface area contributed by atoms with Crippen LogP contribution in [-0.4, -0.2) is 22.1 Å². The maximum atomic E-state index is 12.7. The molecule has 3 rings (SSSR count). The van der Waals surface area contributed by atoms with E-state index in [0.717, 1.165) is 5.56 Å². The van der Waals surface area contributed by atoms with Crippen LogP contribution >= 0.6 is 0 Å². The van der Waals surface area contributed by atoms with Crippen LogP contribution in [0.3, 0.4) is 0 Å². The van der Waals surface area contributed by atoms with Crippen LogP contribution in [0.4, 0.5) is 0 Å². The predicted molar refractivity (Wildman–Crippen MR) is 94.1 cm³/mol. The molecule has 1 N–H and O–H groups in total. The molecule has 0 spiro atoms. The largest absolute Gasteiger partial charge is 0.478 e. The zero-order valence-electron chi connectivity index (χ0n) is 14.5. The summed E-state index contributed by atoms with van der Waals surface area (Å²) < 4.78 is 12.8. The van der Waals surface area contributed by atoms with Crippen molar-refractivity contribution >= 4 is 5.91 Å². The number of amides is 1. The van der Waals surface area contributed by atoms with Crippen molar-refractivity contribution in [3.63, 3.8) is 0 Å². The molecule has 0 aliphatic heterocycles. The summed E-state index contributed by atoms with van der Waals surface area (Å²) in [5.74, 6) is 0.816. The van der Waals surface area contributed by atoms with Crippen molar-refractivity contribution in [2.75, 3.05) is 6.61 Å². The van der Waals surface area contributed by atoms with Crippen molar-refractivity contribution in [3.05, 3.63) is 65.3 Å². The van der Waals surface area contributed by atoms with Crippen molar-refractivity contribution < 1.29 is 13.9 Å². The van der Waals surface area contributed by atoms with Gasteiger partial charge in [0.2, 0.25) is 11.8 Å². The van der Waals surface area contributed by atoms with Crippen molar-refractivity contribution in [1.82, 2.24) is 14.9 Å². The zero-order chi connectivity index (χ0) is 18.5. The number of aromatic nitrogens is 2. The van der Waals surface area contributed by atoms with Gasteiger partial charge in [0, 0.05) is 30.7 Å². The summed E-state index contributed by atoms with van der Waals surface area (Å²) in [6.45, 7) is 4.25. The van der Waals surface area contributed by atoms with Crippen LogP contribution < -0.4 is 10.1 Å². The van der Waals surface area contributed by atoms with Crippen molar-refractivity contribution in [2.45, 2.75) is 20.4 Å². The lowest BCUT2D eigenvalue weighted by Crippen LogP contribution is -2.24. The molecule has 132 valence electrons. The summed E-state index contributed by atoms with van der Waals surface area (Å²) in [7, 11) is 0. The smallest absolute Gasteiger partial charge is 0.256 e. The van der Waals surface area contributed by atoms with Gasteiger partial charge in [-0.25, -0.2) is 4.98 Å². The molecule has 0 radical (unpaired) electrons. The van der Waals surface area contributed by atoms with E-state index in [1.165, 1.54) is 0 Å². The van der Waals surface area contributed by atoms with Gasteiger partial charge < -0.3 is 14.5 Å². The number of nitrogens with zero attached hydrogens (tertiary/aromatic N) is 3. The van der Waals surface area contributed by atoms with Crippen LogP contribution in [0, 0.1) is 18.3 Å². The molecule has 0 bridgehead atoms. The van der Waals surface area contributed by atoms with E-state index in [9.17, 15) is 10.1 Å². The standard InChI is InChI=1S/C19H18N4O3/c1-3-25-18-14(7-6-8-21-18)12-22-17(24)16-13(2)26-19(15(16)11-20)23-9-4-5-10-23/h4-10H,3,12H2,1-2H3,(H,22,24). The van der Waals surface area contributed by atoms with Crippen LogP contribution in [0.5, 0.6) is 5.88 Å². The molecule has 0 unspecified atom stereocenters. The molecule has 26 heavy (non-hydrogen) atoms. The van der Waals surface area contributed by atoms with E-state index in [-0.39, 0.29) is 23.6 Å². The number of rotatable bonds is 6. The number of pyridine rings is 1. The first-order chi connectivity index (χ1) is 12.7. The highest BCUT2D eigenvalue weighted by Gasteiger charge is 2.24. The van der Waals surface area contributed by atoms with Crippen molar-refractivity contribution in [1.29, 1.82) is 5.26 Å². The van der Waals surface area contributed by atoms with Crippen LogP contribution in [0.1, 0.15) is 34.2 Å². The first kappa shape index (κ1) is 17.3. The fraction of sp³-hybridized carbons (Fsp3) is 0.211. The molecule has 0 saturated carbocycles. The Bertz CT molecular complexity index is 952. The first-order valence-electron chi connectivity index (χ1n) is 8.17. The van der Waals surface area contributed by atoms with Crippen LogP contribution in [0.2, 0.25) is 0 Å². The molecule has 1 amide bonds. The van der Waals surface area contributed by atoms with E-state index in [4.69, 9.17) is 9.15 Å². The Balaban J connectivity index is 1.84. The predicted octanol–water partition coefficient (Wildman–Crippen LogP) is 2.97. The summed E-state index contributed by atoms with van der Waals surface area (Å²) in [5, 5.41) is 12.3. The van der Waals surface area contributed by atoms with E-state index >= 15 is 0 Å². The molecule has 0 atom stereocenters. The summed E-state index contributed by atoms with van der Waals surface area (Å²) in [6, 6.07) is 9.31. The average Bonchev–Trinajstić information content (AvgIpc) is 3.28. The van der Waals surface area contributed by atoms with Crippen molar-refractivity contribution in [2.24, 2.45) is 0 Å². The third-order valence-corrected chi connectivity index (χ3v) is 3.81. The lowest BCUT2D eigenvalue weighted by atomic mass is 10.1. The Labute approximate surface area is 150 Å². The minimum Gasteiger partial charge on any atom is -0.478 e. The minimum atomic E-state index is -0.382. The molecule has 7 nitrogen and oxygen atoms in total. The van der Waals surface area contributed by atoms with Gasteiger partial charge in [-0.15, -0.1) is 0 Å². The molecule has 3 aromatic heterocycles. The number of aryl methyl sites for hydroxylation is 1. The highest BCUT2D eigenvalue weighted by Crippen LogP contribution is 2.25. The third kappa shape index (κ3) is 3.30. The highest BCUT2D eigenvalue weighted by atomic mass is 16.5. The van der Waals surface area contributed by atoms with Crippen LogP contribution in [0.25, 0.3) is 5.88 Å². The lowest BCUT2D eigenvalue weighted by molar-refractivity contribution is 0.0949. The molecule has 0 saturated heterocycles. The van der Waals surface area contributed by atoms with Crippen LogP contribution in [-0.2, 0) is 6.54 Å². The number of nitriles is 1. The van der Waals surface area contributed by atoms with Gasteiger partial charge in [-0.2, -0.15) is 5.26 Å². The van der Waals surface area contributed by atoms with E-state index in [1.807, 2.05) is 25.1 Å². The summed E-state index contributed by atoms with van der Waals surface area (Å²) in [6.07, 6.45) is 5.14. The Morgan fingerprint density at radius 3 is 2.85 bits per heavy atom. The zero-order valence-corrected chi connectivity index (χ0v) is 14.5. The van der Waals surface area contributed by atoms with Crippen molar-refractivity contribution in [3.8, 4) is 17.8 Å². The first-order valence-corrected chi connectivity index (χ1v) is 8.17. The lowest BCUT2D eigenvalue weighted by Gasteiger charge is -2.09. The SMILES string of the molecule is CCOc1ncccc1CNC(=O)c1c(C)oc(-n2cccc2)c1C#N. The fourth-order valence-electron chi connectivity index (χ4n) is 2.65. The topological polar surface area (TPSA) is 93.1 Å². The Morgan fingerprint density at radius 2 is 2.15 bits per heavy atom. The van der Waals surface area contributed by atoms with E-state index in [1.54, 1.807) is 36.1 Å². The summed E-state index contributed by atoms with van der Waals surface area (Å²) >= 11 is 0. The van der Waals surface area contributed by atoms with E-state index < -0.39 is 0 Å². The summed E-state index contributed by atoms with van der Waals surface area (Å²) in [5.41, 5.74) is 1.19. The molecular formula is C19H18N4O3. The number of nitrogens with one attached hydrogen (secondary N) is 1. The molecule has 7 heteroatoms. The second-order valence-electron chi connectivity index (χ2n) is 5.50. The fourth-order valence-corrected chi connectivity index (χ4v) is 2.65. The number of furan rings is 1. The minimum absolute atomic E-state index is 0.201. The number of carbonyl (C=O) groups excluding carboxylic acids is 1. The maximum absolute atomic E-state index is 12.7. The number of hydrogen-bond acceptors (Lipinski definition) is 5. The second-order valence-corrected chi connectivity index (χ2v) is 5.50. The maximum Gasteiger partial charge on any atom is 0.256 e.